The van der Waals surface area contributed by atoms with Crippen molar-refractivity contribution < 1.29 is 13.2 Å². The van der Waals surface area contributed by atoms with E-state index in [2.05, 4.69) is 36.5 Å². The highest BCUT2D eigenvalue weighted by atomic mass is 79.9. The first-order valence-corrected chi connectivity index (χ1v) is 7.32. The number of anilines is 3. The second kappa shape index (κ2) is 6.51. The van der Waals surface area contributed by atoms with Crippen molar-refractivity contribution >= 4 is 33.4 Å². The maximum atomic E-state index is 12.9. The number of benzene rings is 1. The average Bonchev–Trinajstić information content (AvgIpc) is 2.41. The third-order valence-corrected chi connectivity index (χ3v) is 3.39. The Bertz CT molecular complexity index is 674. The normalized spacial score (nSPS) is 11.4. The average molecular weight is 375 g/mol. The van der Waals surface area contributed by atoms with Crippen LogP contribution in [0.2, 0.25) is 0 Å². The molecule has 2 rings (SSSR count). The van der Waals surface area contributed by atoms with Crippen LogP contribution in [-0.4, -0.2) is 16.5 Å². The molecule has 0 saturated carbocycles. The van der Waals surface area contributed by atoms with E-state index < -0.39 is 11.9 Å². The molecule has 0 aliphatic rings. The molecule has 0 aliphatic heterocycles. The first-order valence-electron chi connectivity index (χ1n) is 6.53. The molecule has 2 N–H and O–H groups in total. The van der Waals surface area contributed by atoms with E-state index in [1.807, 2.05) is 19.1 Å². The van der Waals surface area contributed by atoms with Crippen LogP contribution in [0.4, 0.5) is 30.6 Å². The topological polar surface area (TPSA) is 49.8 Å². The molecule has 1 aromatic heterocycles. The standard InChI is InChI=1S/C14H14BrF3N4/c1-3-19-13-21-11(14(16,17)18)7-12(22-13)20-10-5-4-8(2)6-9(10)15/h4-7H,3H2,1-2H3,(H2,19,20,21,22). The smallest absolute Gasteiger partial charge is 0.354 e. The summed E-state index contributed by atoms with van der Waals surface area (Å²) in [5.74, 6) is 0.00545. The summed E-state index contributed by atoms with van der Waals surface area (Å²) in [7, 11) is 0. The Morgan fingerprint density at radius 1 is 1.18 bits per heavy atom. The van der Waals surface area contributed by atoms with E-state index in [4.69, 9.17) is 0 Å². The van der Waals surface area contributed by atoms with Gasteiger partial charge in [-0.25, -0.2) is 4.98 Å². The third-order valence-electron chi connectivity index (χ3n) is 2.74. The Balaban J connectivity index is 2.39. The summed E-state index contributed by atoms with van der Waals surface area (Å²) in [6.07, 6.45) is -4.53. The van der Waals surface area contributed by atoms with E-state index in [0.29, 0.717) is 12.2 Å². The summed E-state index contributed by atoms with van der Waals surface area (Å²) >= 11 is 3.37. The van der Waals surface area contributed by atoms with Gasteiger partial charge in [-0.3, -0.25) is 0 Å². The van der Waals surface area contributed by atoms with E-state index in [9.17, 15) is 13.2 Å². The molecule has 0 amide bonds. The highest BCUT2D eigenvalue weighted by molar-refractivity contribution is 9.10. The van der Waals surface area contributed by atoms with E-state index in [0.717, 1.165) is 16.1 Å². The van der Waals surface area contributed by atoms with Gasteiger partial charge in [-0.1, -0.05) is 6.07 Å². The number of hydrogen-bond acceptors (Lipinski definition) is 4. The number of halogens is 4. The second-order valence-electron chi connectivity index (χ2n) is 4.60. The Labute approximate surface area is 134 Å². The lowest BCUT2D eigenvalue weighted by Gasteiger charge is -2.13. The van der Waals surface area contributed by atoms with E-state index in [1.54, 1.807) is 13.0 Å². The monoisotopic (exact) mass is 374 g/mol. The molecule has 2 aromatic rings. The molecule has 0 atom stereocenters. The summed E-state index contributed by atoms with van der Waals surface area (Å²) < 4.78 is 39.5. The molecule has 1 heterocycles. The molecule has 0 fully saturated rings. The SMILES string of the molecule is CCNc1nc(Nc2ccc(C)cc2Br)cc(C(F)(F)F)n1. The number of nitrogens with zero attached hydrogens (tertiary/aromatic N) is 2. The van der Waals surface area contributed by atoms with Crippen LogP contribution < -0.4 is 10.6 Å². The van der Waals surface area contributed by atoms with Crippen LogP contribution in [0, 0.1) is 6.92 Å². The van der Waals surface area contributed by atoms with Gasteiger partial charge in [0, 0.05) is 17.1 Å². The number of aromatic nitrogens is 2. The second-order valence-corrected chi connectivity index (χ2v) is 5.45. The summed E-state index contributed by atoms with van der Waals surface area (Å²) in [6, 6.07) is 6.36. The van der Waals surface area contributed by atoms with Crippen molar-refractivity contribution in [2.75, 3.05) is 17.2 Å². The molecular weight excluding hydrogens is 361 g/mol. The first-order chi connectivity index (χ1) is 10.3. The van der Waals surface area contributed by atoms with Crippen molar-refractivity contribution in [2.45, 2.75) is 20.0 Å². The number of hydrogen-bond donors (Lipinski definition) is 2. The number of aryl methyl sites for hydroxylation is 1. The molecule has 8 heteroatoms. The molecule has 0 radical (unpaired) electrons. The predicted molar refractivity (Wildman–Crippen MR) is 83.4 cm³/mol. The lowest BCUT2D eigenvalue weighted by Crippen LogP contribution is -2.13. The molecule has 0 aliphatic carbocycles. The largest absolute Gasteiger partial charge is 0.433 e. The highest BCUT2D eigenvalue weighted by Gasteiger charge is 2.33. The maximum absolute atomic E-state index is 12.9. The van der Waals surface area contributed by atoms with Crippen molar-refractivity contribution in [3.05, 3.63) is 40.0 Å². The zero-order valence-electron chi connectivity index (χ0n) is 11.9. The van der Waals surface area contributed by atoms with Gasteiger partial charge in [0.2, 0.25) is 5.95 Å². The van der Waals surface area contributed by atoms with Crippen molar-refractivity contribution in [3.8, 4) is 0 Å². The Morgan fingerprint density at radius 3 is 2.50 bits per heavy atom. The van der Waals surface area contributed by atoms with Gasteiger partial charge in [0.15, 0.2) is 5.69 Å². The summed E-state index contributed by atoms with van der Waals surface area (Å²) in [4.78, 5) is 7.51. The Kier molecular flexibility index (Phi) is 4.90. The van der Waals surface area contributed by atoms with Crippen LogP contribution in [0.5, 0.6) is 0 Å². The minimum Gasteiger partial charge on any atom is -0.354 e. The van der Waals surface area contributed by atoms with Crippen LogP contribution in [0.1, 0.15) is 18.2 Å². The fraction of sp³-hybridized carbons (Fsp3) is 0.286. The quantitative estimate of drug-likeness (QED) is 0.811. The van der Waals surface area contributed by atoms with E-state index >= 15 is 0 Å². The maximum Gasteiger partial charge on any atom is 0.433 e. The van der Waals surface area contributed by atoms with Crippen LogP contribution in [0.15, 0.2) is 28.7 Å². The van der Waals surface area contributed by atoms with E-state index in [1.165, 1.54) is 0 Å². The summed E-state index contributed by atoms with van der Waals surface area (Å²) in [5.41, 5.74) is 0.661. The molecule has 0 bridgehead atoms. The lowest BCUT2D eigenvalue weighted by atomic mass is 10.2. The minimum absolute atomic E-state index is 0.0666. The molecule has 22 heavy (non-hydrogen) atoms. The Hall–Kier alpha value is -1.83. The minimum atomic E-state index is -4.53. The Morgan fingerprint density at radius 2 is 1.91 bits per heavy atom. The lowest BCUT2D eigenvalue weighted by molar-refractivity contribution is -0.141. The molecule has 4 nitrogen and oxygen atoms in total. The molecule has 1 aromatic carbocycles. The molecular formula is C14H14BrF3N4. The predicted octanol–water partition coefficient (Wildman–Crippen LogP) is 4.74. The first kappa shape index (κ1) is 16.5. The van der Waals surface area contributed by atoms with Crippen molar-refractivity contribution in [3.63, 3.8) is 0 Å². The third kappa shape index (κ3) is 4.09. The number of nitrogens with one attached hydrogen (secondary N) is 2. The zero-order valence-corrected chi connectivity index (χ0v) is 13.5. The molecule has 0 unspecified atom stereocenters. The molecule has 0 spiro atoms. The van der Waals surface area contributed by atoms with Crippen LogP contribution >= 0.6 is 15.9 Å². The summed E-state index contributed by atoms with van der Waals surface area (Å²) in [5, 5.41) is 5.57. The highest BCUT2D eigenvalue weighted by Crippen LogP contribution is 2.31. The molecule has 118 valence electrons. The summed E-state index contributed by atoms with van der Waals surface area (Å²) in [6.45, 7) is 4.10. The van der Waals surface area contributed by atoms with Gasteiger partial charge in [0.05, 0.1) is 5.69 Å². The van der Waals surface area contributed by atoms with Crippen LogP contribution in [-0.2, 0) is 6.18 Å². The fourth-order valence-electron chi connectivity index (χ4n) is 1.75. The van der Waals surface area contributed by atoms with E-state index in [-0.39, 0.29) is 11.8 Å². The molecule has 0 saturated heterocycles. The van der Waals surface area contributed by atoms with Crippen LogP contribution in [0.3, 0.4) is 0 Å². The van der Waals surface area contributed by atoms with Gasteiger partial charge in [0.1, 0.15) is 5.82 Å². The van der Waals surface area contributed by atoms with Gasteiger partial charge in [0.25, 0.3) is 0 Å². The van der Waals surface area contributed by atoms with Gasteiger partial charge in [-0.15, -0.1) is 0 Å². The van der Waals surface area contributed by atoms with Gasteiger partial charge in [-0.05, 0) is 47.5 Å². The number of alkyl halides is 3. The van der Waals surface area contributed by atoms with Gasteiger partial charge in [-0.2, -0.15) is 18.2 Å². The van der Waals surface area contributed by atoms with Gasteiger partial charge >= 0.3 is 6.18 Å². The van der Waals surface area contributed by atoms with Crippen molar-refractivity contribution in [1.29, 1.82) is 0 Å². The van der Waals surface area contributed by atoms with Gasteiger partial charge < -0.3 is 10.6 Å². The van der Waals surface area contributed by atoms with Crippen molar-refractivity contribution in [2.24, 2.45) is 0 Å². The number of rotatable bonds is 4. The zero-order chi connectivity index (χ0) is 16.3. The fourth-order valence-corrected chi connectivity index (χ4v) is 2.35. The van der Waals surface area contributed by atoms with Crippen molar-refractivity contribution in [1.82, 2.24) is 9.97 Å². The van der Waals surface area contributed by atoms with Crippen LogP contribution in [0.25, 0.3) is 0 Å².